The monoisotopic (exact) mass is 236 g/mol. The van der Waals surface area contributed by atoms with Gasteiger partial charge in [-0.25, -0.2) is 4.39 Å². The molecule has 1 aromatic carbocycles. The lowest BCUT2D eigenvalue weighted by Crippen LogP contribution is -2.34. The van der Waals surface area contributed by atoms with Gasteiger partial charge in [0.25, 0.3) is 0 Å². The molecule has 94 valence electrons. The Hall–Kier alpha value is -0.930. The molecule has 0 amide bonds. The van der Waals surface area contributed by atoms with Crippen LogP contribution in [0.3, 0.4) is 0 Å². The summed E-state index contributed by atoms with van der Waals surface area (Å²) >= 11 is 0. The van der Waals surface area contributed by atoms with Gasteiger partial charge in [-0.1, -0.05) is 12.1 Å². The van der Waals surface area contributed by atoms with Crippen LogP contribution in [0.5, 0.6) is 0 Å². The van der Waals surface area contributed by atoms with Gasteiger partial charge in [0.05, 0.1) is 0 Å². The summed E-state index contributed by atoms with van der Waals surface area (Å²) in [6, 6.07) is 7.06. The minimum atomic E-state index is -0.127. The zero-order valence-electron chi connectivity index (χ0n) is 10.4. The molecule has 1 heterocycles. The van der Waals surface area contributed by atoms with Crippen molar-refractivity contribution in [3.63, 3.8) is 0 Å². The van der Waals surface area contributed by atoms with Crippen molar-refractivity contribution < 1.29 is 4.39 Å². The zero-order chi connectivity index (χ0) is 12.1. The summed E-state index contributed by atoms with van der Waals surface area (Å²) in [6.07, 6.45) is 2.37. The molecule has 0 aromatic heterocycles. The first-order valence-corrected chi connectivity index (χ1v) is 6.42. The van der Waals surface area contributed by atoms with E-state index in [0.717, 1.165) is 25.2 Å². The SMILES string of the molecule is CNCC(c1cccc(F)c1)C1CCNCC1. The molecule has 2 nitrogen and oxygen atoms in total. The second-order valence-electron chi connectivity index (χ2n) is 4.81. The van der Waals surface area contributed by atoms with E-state index in [4.69, 9.17) is 0 Å². The van der Waals surface area contributed by atoms with Gasteiger partial charge in [0.2, 0.25) is 0 Å². The van der Waals surface area contributed by atoms with Crippen molar-refractivity contribution in [1.82, 2.24) is 10.6 Å². The Kier molecular flexibility index (Phi) is 4.51. The minimum absolute atomic E-state index is 0.127. The smallest absolute Gasteiger partial charge is 0.123 e. The van der Waals surface area contributed by atoms with Crippen LogP contribution in [0.2, 0.25) is 0 Å². The highest BCUT2D eigenvalue weighted by Crippen LogP contribution is 2.30. The van der Waals surface area contributed by atoms with Gasteiger partial charge in [0.15, 0.2) is 0 Å². The van der Waals surface area contributed by atoms with Gasteiger partial charge in [-0.3, -0.25) is 0 Å². The summed E-state index contributed by atoms with van der Waals surface area (Å²) < 4.78 is 13.3. The topological polar surface area (TPSA) is 24.1 Å². The number of nitrogens with one attached hydrogen (secondary N) is 2. The number of hydrogen-bond donors (Lipinski definition) is 2. The largest absolute Gasteiger partial charge is 0.319 e. The molecular weight excluding hydrogens is 215 g/mol. The lowest BCUT2D eigenvalue weighted by atomic mass is 9.80. The molecule has 1 aromatic rings. The Bertz CT molecular complexity index is 348. The number of piperidine rings is 1. The van der Waals surface area contributed by atoms with Gasteiger partial charge < -0.3 is 10.6 Å². The number of rotatable bonds is 4. The van der Waals surface area contributed by atoms with Crippen molar-refractivity contribution in [2.75, 3.05) is 26.7 Å². The van der Waals surface area contributed by atoms with E-state index in [2.05, 4.69) is 10.6 Å². The van der Waals surface area contributed by atoms with E-state index >= 15 is 0 Å². The first kappa shape index (κ1) is 12.5. The van der Waals surface area contributed by atoms with Crippen LogP contribution in [0.4, 0.5) is 4.39 Å². The van der Waals surface area contributed by atoms with Crippen molar-refractivity contribution in [2.24, 2.45) is 5.92 Å². The minimum Gasteiger partial charge on any atom is -0.319 e. The van der Waals surface area contributed by atoms with Crippen LogP contribution in [0.15, 0.2) is 24.3 Å². The molecular formula is C14H21FN2. The third kappa shape index (κ3) is 3.27. The third-order valence-corrected chi connectivity index (χ3v) is 3.65. The average Bonchev–Trinajstić information content (AvgIpc) is 2.37. The second kappa shape index (κ2) is 6.12. The second-order valence-corrected chi connectivity index (χ2v) is 4.81. The lowest BCUT2D eigenvalue weighted by Gasteiger charge is -2.31. The molecule has 0 radical (unpaired) electrons. The van der Waals surface area contributed by atoms with Crippen LogP contribution < -0.4 is 10.6 Å². The van der Waals surface area contributed by atoms with Crippen molar-refractivity contribution in [3.05, 3.63) is 35.6 Å². The molecule has 17 heavy (non-hydrogen) atoms. The molecule has 2 N–H and O–H groups in total. The Balaban J connectivity index is 2.15. The van der Waals surface area contributed by atoms with Crippen LogP contribution in [-0.4, -0.2) is 26.7 Å². The number of halogens is 1. The Morgan fingerprint density at radius 1 is 1.41 bits per heavy atom. The standard InChI is InChI=1S/C14H21FN2/c1-16-10-14(11-5-7-17-8-6-11)12-3-2-4-13(15)9-12/h2-4,9,11,14,16-17H,5-8,10H2,1H3. The van der Waals surface area contributed by atoms with Gasteiger partial charge >= 0.3 is 0 Å². The summed E-state index contributed by atoms with van der Waals surface area (Å²) in [5.41, 5.74) is 1.13. The number of benzene rings is 1. The van der Waals surface area contributed by atoms with Crippen molar-refractivity contribution in [2.45, 2.75) is 18.8 Å². The summed E-state index contributed by atoms with van der Waals surface area (Å²) in [4.78, 5) is 0. The molecule has 1 aliphatic rings. The van der Waals surface area contributed by atoms with Gasteiger partial charge in [-0.15, -0.1) is 0 Å². The highest BCUT2D eigenvalue weighted by molar-refractivity contribution is 5.22. The molecule has 2 rings (SSSR count). The lowest BCUT2D eigenvalue weighted by molar-refractivity contribution is 0.313. The maximum Gasteiger partial charge on any atom is 0.123 e. The van der Waals surface area contributed by atoms with Crippen molar-refractivity contribution in [3.8, 4) is 0 Å². The van der Waals surface area contributed by atoms with Gasteiger partial charge in [0.1, 0.15) is 5.82 Å². The molecule has 0 saturated carbocycles. The first-order valence-electron chi connectivity index (χ1n) is 6.42. The quantitative estimate of drug-likeness (QED) is 0.837. The van der Waals surface area contributed by atoms with E-state index in [1.165, 1.54) is 18.9 Å². The Labute approximate surface area is 103 Å². The average molecular weight is 236 g/mol. The predicted molar refractivity (Wildman–Crippen MR) is 68.7 cm³/mol. The summed E-state index contributed by atoms with van der Waals surface area (Å²) in [6.45, 7) is 3.09. The normalized spacial score (nSPS) is 19.2. The summed E-state index contributed by atoms with van der Waals surface area (Å²) in [5.74, 6) is 0.959. The predicted octanol–water partition coefficient (Wildman–Crippen LogP) is 2.13. The van der Waals surface area contributed by atoms with Crippen LogP contribution >= 0.6 is 0 Å². The highest BCUT2D eigenvalue weighted by Gasteiger charge is 2.24. The fourth-order valence-corrected chi connectivity index (χ4v) is 2.76. The maximum absolute atomic E-state index is 13.3. The van der Waals surface area contributed by atoms with Gasteiger partial charge in [-0.2, -0.15) is 0 Å². The van der Waals surface area contributed by atoms with Crippen LogP contribution in [0.25, 0.3) is 0 Å². The molecule has 1 unspecified atom stereocenters. The number of likely N-dealkylation sites (N-methyl/N-ethyl adjacent to an activating group) is 1. The van der Waals surface area contributed by atoms with Crippen LogP contribution in [-0.2, 0) is 0 Å². The first-order chi connectivity index (χ1) is 8.31. The fourth-order valence-electron chi connectivity index (χ4n) is 2.76. The summed E-state index contributed by atoms with van der Waals surface area (Å²) in [7, 11) is 1.97. The van der Waals surface area contributed by atoms with Gasteiger partial charge in [-0.05, 0) is 62.5 Å². The highest BCUT2D eigenvalue weighted by atomic mass is 19.1. The van der Waals surface area contributed by atoms with Crippen molar-refractivity contribution in [1.29, 1.82) is 0 Å². The van der Waals surface area contributed by atoms with E-state index in [0.29, 0.717) is 11.8 Å². The molecule has 1 aliphatic heterocycles. The van der Waals surface area contributed by atoms with Crippen LogP contribution in [0.1, 0.15) is 24.3 Å². The molecule has 3 heteroatoms. The molecule has 0 bridgehead atoms. The molecule has 0 spiro atoms. The zero-order valence-corrected chi connectivity index (χ0v) is 10.4. The van der Waals surface area contributed by atoms with E-state index in [9.17, 15) is 4.39 Å². The summed E-state index contributed by atoms with van der Waals surface area (Å²) in [5, 5.41) is 6.62. The molecule has 1 fully saturated rings. The van der Waals surface area contributed by atoms with Crippen molar-refractivity contribution >= 4 is 0 Å². The maximum atomic E-state index is 13.3. The fraction of sp³-hybridized carbons (Fsp3) is 0.571. The number of hydrogen-bond acceptors (Lipinski definition) is 2. The molecule has 1 atom stereocenters. The Morgan fingerprint density at radius 2 is 2.18 bits per heavy atom. The Morgan fingerprint density at radius 3 is 2.82 bits per heavy atom. The van der Waals surface area contributed by atoms with E-state index in [1.54, 1.807) is 6.07 Å². The molecule has 1 saturated heterocycles. The third-order valence-electron chi connectivity index (χ3n) is 3.65. The van der Waals surface area contributed by atoms with E-state index in [1.807, 2.05) is 19.2 Å². The van der Waals surface area contributed by atoms with Gasteiger partial charge in [0, 0.05) is 6.54 Å². The molecule has 0 aliphatic carbocycles. The van der Waals surface area contributed by atoms with Crippen LogP contribution in [0, 0.1) is 11.7 Å². The van der Waals surface area contributed by atoms with E-state index in [-0.39, 0.29) is 5.82 Å². The van der Waals surface area contributed by atoms with E-state index < -0.39 is 0 Å².